The second-order valence-corrected chi connectivity index (χ2v) is 6.66. The van der Waals surface area contributed by atoms with Crippen LogP contribution in [0.25, 0.3) is 5.69 Å². The molecule has 0 bridgehead atoms. The van der Waals surface area contributed by atoms with Crippen molar-refractivity contribution in [1.82, 2.24) is 9.78 Å². The number of carbonyl (C=O) groups is 2. The molecule has 0 atom stereocenters. The Kier molecular flexibility index (Phi) is 5.28. The number of primary amides is 1. The van der Waals surface area contributed by atoms with E-state index in [1.807, 2.05) is 25.1 Å². The molecule has 2 rings (SSSR count). The molecule has 0 unspecified atom stereocenters. The summed E-state index contributed by atoms with van der Waals surface area (Å²) in [6, 6.07) is 5.69. The number of esters is 1. The Balaban J connectivity index is 2.71. The van der Waals surface area contributed by atoms with Crippen LogP contribution < -0.4 is 10.1 Å². The second-order valence-electron chi connectivity index (χ2n) is 4.47. The summed E-state index contributed by atoms with van der Waals surface area (Å²) in [6.45, 7) is 3.85. The van der Waals surface area contributed by atoms with Crippen LogP contribution in [0.5, 0.6) is 0 Å². The molecular formula is C14H13AsIN3O3. The number of aryl methyl sites for hydroxylation is 1. The van der Waals surface area contributed by atoms with E-state index in [2.05, 4.69) is 44.5 Å². The molecule has 8 heteroatoms. The van der Waals surface area contributed by atoms with Crippen molar-refractivity contribution >= 4 is 55.7 Å². The zero-order valence-electron chi connectivity index (χ0n) is 12.0. The Bertz CT molecular complexity index is 758. The first-order valence-electron chi connectivity index (χ1n) is 6.42. The van der Waals surface area contributed by atoms with Crippen LogP contribution in [0.2, 0.25) is 0 Å². The van der Waals surface area contributed by atoms with E-state index in [0.717, 1.165) is 9.13 Å². The topological polar surface area (TPSA) is 87.2 Å². The van der Waals surface area contributed by atoms with Crippen molar-refractivity contribution in [3.8, 4) is 5.69 Å². The van der Waals surface area contributed by atoms with Crippen LogP contribution in [0.1, 0.15) is 33.5 Å². The van der Waals surface area contributed by atoms with Crippen LogP contribution >= 0.6 is 22.6 Å². The van der Waals surface area contributed by atoms with Gasteiger partial charge in [0.1, 0.15) is 0 Å². The van der Waals surface area contributed by atoms with Gasteiger partial charge in [0.05, 0.1) is 0 Å². The number of halogens is 1. The van der Waals surface area contributed by atoms with Gasteiger partial charge in [-0.2, -0.15) is 0 Å². The summed E-state index contributed by atoms with van der Waals surface area (Å²) in [7, 11) is 0. The van der Waals surface area contributed by atoms with Crippen LogP contribution in [0.3, 0.4) is 0 Å². The molecule has 1 aromatic carbocycles. The fraction of sp³-hybridized carbons (Fsp3) is 0.214. The van der Waals surface area contributed by atoms with Gasteiger partial charge >= 0.3 is 150 Å². The van der Waals surface area contributed by atoms with Crippen LogP contribution in [-0.4, -0.2) is 45.1 Å². The summed E-state index contributed by atoms with van der Waals surface area (Å²) < 4.78 is 7.90. The number of carbonyl (C=O) groups excluding carboxylic acids is 2. The second kappa shape index (κ2) is 6.83. The van der Waals surface area contributed by atoms with Crippen LogP contribution in [0.15, 0.2) is 18.2 Å². The van der Waals surface area contributed by atoms with Crippen LogP contribution in [-0.2, 0) is 4.74 Å². The summed E-state index contributed by atoms with van der Waals surface area (Å²) in [6.07, 6.45) is 0. The zero-order valence-corrected chi connectivity index (χ0v) is 16.0. The molecule has 0 aliphatic carbocycles. The fourth-order valence-electron chi connectivity index (χ4n) is 1.99. The molecule has 6 nitrogen and oxygen atoms in total. The van der Waals surface area contributed by atoms with Gasteiger partial charge in [0.15, 0.2) is 0 Å². The Morgan fingerprint density at radius 3 is 2.68 bits per heavy atom. The number of nitrogens with two attached hydrogens (primary N) is 1. The first kappa shape index (κ1) is 17.0. The third kappa shape index (κ3) is 3.20. The molecule has 1 aromatic heterocycles. The molecule has 0 saturated carbocycles. The number of benzene rings is 1. The molecule has 1 heterocycles. The predicted molar refractivity (Wildman–Crippen MR) is 90.9 cm³/mol. The number of ether oxygens (including phenoxy) is 1. The van der Waals surface area contributed by atoms with Crippen molar-refractivity contribution in [2.24, 2.45) is 5.73 Å². The van der Waals surface area contributed by atoms with Crippen molar-refractivity contribution < 1.29 is 14.3 Å². The standard InChI is InChI=1S/C14H13AsIN3O3/c1-3-22-14(21)12-10(15)11(13(17)20)18-19(12)9-5-4-8(16)6-7(9)2/h4-6H,3H2,1-2H3,(H2,17,20). The monoisotopic (exact) mass is 473 g/mol. The molecule has 2 N–H and O–H groups in total. The molecule has 114 valence electrons. The van der Waals surface area contributed by atoms with Gasteiger partial charge in [0, 0.05) is 0 Å². The van der Waals surface area contributed by atoms with E-state index in [1.165, 1.54) is 4.68 Å². The van der Waals surface area contributed by atoms with Gasteiger partial charge in [0.2, 0.25) is 0 Å². The van der Waals surface area contributed by atoms with Gasteiger partial charge in [-0.15, -0.1) is 0 Å². The van der Waals surface area contributed by atoms with E-state index < -0.39 is 11.9 Å². The Morgan fingerprint density at radius 2 is 2.14 bits per heavy atom. The quantitative estimate of drug-likeness (QED) is 0.406. The van der Waals surface area contributed by atoms with Crippen molar-refractivity contribution in [3.05, 3.63) is 38.7 Å². The van der Waals surface area contributed by atoms with Gasteiger partial charge < -0.3 is 0 Å². The van der Waals surface area contributed by atoms with Crippen molar-refractivity contribution in [2.75, 3.05) is 6.61 Å². The third-order valence-electron chi connectivity index (χ3n) is 2.95. The van der Waals surface area contributed by atoms with E-state index in [-0.39, 0.29) is 18.0 Å². The summed E-state index contributed by atoms with van der Waals surface area (Å²) in [5, 5.41) is 4.20. The minimum absolute atomic E-state index is 0.0426. The molecular weight excluding hydrogens is 460 g/mol. The first-order valence-corrected chi connectivity index (χ1v) is 8.44. The first-order chi connectivity index (χ1) is 10.4. The van der Waals surface area contributed by atoms with E-state index in [1.54, 1.807) is 6.92 Å². The molecule has 2 radical (unpaired) electrons. The number of hydrogen-bond donors (Lipinski definition) is 1. The SMILES string of the molecule is CCOC(=O)c1c([As])c(C(N)=O)nn1-c1ccc(I)cc1C. The molecule has 0 aliphatic rings. The number of rotatable bonds is 4. The number of hydrogen-bond acceptors (Lipinski definition) is 4. The van der Waals surface area contributed by atoms with Crippen molar-refractivity contribution in [2.45, 2.75) is 13.8 Å². The summed E-state index contributed by atoms with van der Waals surface area (Å²) in [5.74, 6) is -1.24. The molecule has 22 heavy (non-hydrogen) atoms. The molecule has 0 spiro atoms. The van der Waals surface area contributed by atoms with Gasteiger partial charge in [-0.25, -0.2) is 0 Å². The molecule has 0 saturated heterocycles. The maximum absolute atomic E-state index is 12.2. The van der Waals surface area contributed by atoms with Crippen LogP contribution in [0.4, 0.5) is 0 Å². The molecule has 0 aliphatic heterocycles. The maximum atomic E-state index is 12.2. The average Bonchev–Trinajstić information content (AvgIpc) is 2.76. The van der Waals surface area contributed by atoms with E-state index in [9.17, 15) is 9.59 Å². The number of amides is 1. The van der Waals surface area contributed by atoms with Crippen molar-refractivity contribution in [1.29, 1.82) is 0 Å². The number of aromatic nitrogens is 2. The van der Waals surface area contributed by atoms with Gasteiger partial charge in [-0.1, -0.05) is 0 Å². The third-order valence-corrected chi connectivity index (χ3v) is 4.51. The summed E-state index contributed by atoms with van der Waals surface area (Å²) >= 11 is 4.37. The Morgan fingerprint density at radius 1 is 1.45 bits per heavy atom. The van der Waals surface area contributed by atoms with Gasteiger partial charge in [0.25, 0.3) is 0 Å². The molecule has 0 fully saturated rings. The van der Waals surface area contributed by atoms with Gasteiger partial charge in [-0.3, -0.25) is 0 Å². The number of nitrogens with zero attached hydrogens (tertiary/aromatic N) is 2. The Labute approximate surface area is 150 Å². The average molecular weight is 473 g/mol. The van der Waals surface area contributed by atoms with Crippen molar-refractivity contribution in [3.63, 3.8) is 0 Å². The van der Waals surface area contributed by atoms with E-state index >= 15 is 0 Å². The molecule has 2 aromatic rings. The molecule has 1 amide bonds. The van der Waals surface area contributed by atoms with Crippen LogP contribution in [0, 0.1) is 10.5 Å². The van der Waals surface area contributed by atoms with Gasteiger partial charge in [-0.05, 0) is 0 Å². The van der Waals surface area contributed by atoms with E-state index in [0.29, 0.717) is 10.0 Å². The normalized spacial score (nSPS) is 10.5. The Hall–Kier alpha value is -1.34. The summed E-state index contributed by atoms with van der Waals surface area (Å²) in [5.41, 5.74) is 7.19. The van der Waals surface area contributed by atoms with E-state index in [4.69, 9.17) is 10.5 Å². The minimum atomic E-state index is -0.692. The summed E-state index contributed by atoms with van der Waals surface area (Å²) in [4.78, 5) is 23.7. The fourth-order valence-corrected chi connectivity index (χ4v) is 3.35. The predicted octanol–water partition coefficient (Wildman–Crippen LogP) is 0.855. The zero-order chi connectivity index (χ0) is 16.4.